The molecular weight excluding hydrogens is 472 g/mol. The van der Waals surface area contributed by atoms with Crippen molar-refractivity contribution in [2.45, 2.75) is 76.9 Å². The SMILES string of the molecule is CN[C@@H](C)C(=O)N[C@H](C(=O)N1CCC[C@H]1C(=O)Nc1sc(C)cc1-c1ccccc1)C1CCCCC1. The van der Waals surface area contributed by atoms with Crippen LogP contribution >= 0.6 is 11.3 Å². The van der Waals surface area contributed by atoms with E-state index in [1.165, 1.54) is 0 Å². The molecule has 194 valence electrons. The summed E-state index contributed by atoms with van der Waals surface area (Å²) >= 11 is 1.55. The third kappa shape index (κ3) is 5.98. The van der Waals surface area contributed by atoms with E-state index >= 15 is 0 Å². The Hall–Kier alpha value is -2.71. The number of benzene rings is 1. The standard InChI is InChI=1S/C28H38N4O3S/c1-18-17-22(20-11-6-4-7-12-20)27(36-18)31-26(34)23-15-10-16-32(23)28(35)24(21-13-8-5-9-14-21)30-25(33)19(2)29-3/h4,6-7,11-12,17,19,21,23-24,29H,5,8-10,13-16H2,1-3H3,(H,30,33)(H,31,34)/t19-,23-,24-/m0/s1. The highest BCUT2D eigenvalue weighted by molar-refractivity contribution is 7.16. The Labute approximate surface area is 218 Å². The van der Waals surface area contributed by atoms with E-state index in [1.54, 1.807) is 30.2 Å². The predicted octanol–water partition coefficient (Wildman–Crippen LogP) is 4.33. The smallest absolute Gasteiger partial charge is 0.247 e. The normalized spacial score (nSPS) is 20.1. The van der Waals surface area contributed by atoms with Crippen LogP contribution in [0.15, 0.2) is 36.4 Å². The Balaban J connectivity index is 1.52. The van der Waals surface area contributed by atoms with Gasteiger partial charge in [-0.15, -0.1) is 11.3 Å². The van der Waals surface area contributed by atoms with E-state index in [-0.39, 0.29) is 29.7 Å². The minimum atomic E-state index is -0.592. The molecule has 3 N–H and O–H groups in total. The first-order valence-electron chi connectivity index (χ1n) is 13.1. The second-order valence-corrected chi connectivity index (χ2v) is 11.3. The number of thiophene rings is 1. The molecule has 8 heteroatoms. The fraction of sp³-hybridized carbons (Fsp3) is 0.536. The van der Waals surface area contributed by atoms with Gasteiger partial charge >= 0.3 is 0 Å². The minimum Gasteiger partial charge on any atom is -0.343 e. The predicted molar refractivity (Wildman–Crippen MR) is 145 cm³/mol. The van der Waals surface area contributed by atoms with Crippen molar-refractivity contribution in [3.05, 3.63) is 41.3 Å². The van der Waals surface area contributed by atoms with Crippen molar-refractivity contribution in [1.29, 1.82) is 0 Å². The molecule has 0 unspecified atom stereocenters. The first-order chi connectivity index (χ1) is 17.4. The number of anilines is 1. The van der Waals surface area contributed by atoms with Gasteiger partial charge < -0.3 is 20.9 Å². The van der Waals surface area contributed by atoms with Crippen molar-refractivity contribution in [3.63, 3.8) is 0 Å². The lowest BCUT2D eigenvalue weighted by atomic mass is 9.83. The van der Waals surface area contributed by atoms with Crippen molar-refractivity contribution in [1.82, 2.24) is 15.5 Å². The summed E-state index contributed by atoms with van der Waals surface area (Å²) in [5, 5.41) is 9.93. The molecule has 4 rings (SSSR count). The van der Waals surface area contributed by atoms with Crippen LogP contribution in [0.2, 0.25) is 0 Å². The molecule has 1 saturated carbocycles. The zero-order chi connectivity index (χ0) is 25.7. The van der Waals surface area contributed by atoms with Crippen LogP contribution in [0.1, 0.15) is 56.7 Å². The number of hydrogen-bond acceptors (Lipinski definition) is 5. The first kappa shape index (κ1) is 26.4. The third-order valence-electron chi connectivity index (χ3n) is 7.53. The van der Waals surface area contributed by atoms with Crippen LogP contribution in [0.3, 0.4) is 0 Å². The van der Waals surface area contributed by atoms with Crippen LogP contribution in [-0.4, -0.2) is 54.3 Å². The van der Waals surface area contributed by atoms with Crippen LogP contribution in [0.5, 0.6) is 0 Å². The van der Waals surface area contributed by atoms with Gasteiger partial charge in [0, 0.05) is 17.0 Å². The first-order valence-corrected chi connectivity index (χ1v) is 14.0. The van der Waals surface area contributed by atoms with E-state index in [2.05, 4.69) is 22.0 Å². The monoisotopic (exact) mass is 510 g/mol. The van der Waals surface area contributed by atoms with E-state index in [0.717, 1.165) is 59.5 Å². The molecule has 2 heterocycles. The van der Waals surface area contributed by atoms with Crippen LogP contribution in [-0.2, 0) is 14.4 Å². The van der Waals surface area contributed by atoms with Crippen molar-refractivity contribution in [3.8, 4) is 11.1 Å². The molecule has 1 aromatic heterocycles. The highest BCUT2D eigenvalue weighted by Crippen LogP contribution is 2.37. The van der Waals surface area contributed by atoms with Gasteiger partial charge in [0.2, 0.25) is 17.7 Å². The van der Waals surface area contributed by atoms with Crippen LogP contribution < -0.4 is 16.0 Å². The molecule has 0 bridgehead atoms. The van der Waals surface area contributed by atoms with Crippen molar-refractivity contribution in [2.24, 2.45) is 5.92 Å². The largest absolute Gasteiger partial charge is 0.343 e. The molecule has 2 aliphatic rings. The summed E-state index contributed by atoms with van der Waals surface area (Å²) in [5.74, 6) is -0.351. The summed E-state index contributed by atoms with van der Waals surface area (Å²) in [6, 6.07) is 10.6. The van der Waals surface area contributed by atoms with Gasteiger partial charge in [0.1, 0.15) is 17.1 Å². The zero-order valence-electron chi connectivity index (χ0n) is 21.5. The van der Waals surface area contributed by atoms with Gasteiger partial charge in [0.15, 0.2) is 0 Å². The van der Waals surface area contributed by atoms with Crippen molar-refractivity contribution >= 4 is 34.1 Å². The molecule has 0 radical (unpaired) electrons. The number of rotatable bonds is 8. The summed E-state index contributed by atoms with van der Waals surface area (Å²) < 4.78 is 0. The number of carbonyl (C=O) groups excluding carboxylic acids is 3. The molecule has 7 nitrogen and oxygen atoms in total. The molecule has 1 saturated heterocycles. The van der Waals surface area contributed by atoms with Crippen LogP contribution in [0.4, 0.5) is 5.00 Å². The number of likely N-dealkylation sites (tertiary alicyclic amines) is 1. The molecule has 36 heavy (non-hydrogen) atoms. The number of nitrogens with one attached hydrogen (secondary N) is 3. The summed E-state index contributed by atoms with van der Waals surface area (Å²) in [7, 11) is 1.73. The number of likely N-dealkylation sites (N-methyl/N-ethyl adjacent to an activating group) is 1. The topological polar surface area (TPSA) is 90.5 Å². The Bertz CT molecular complexity index is 1060. The third-order valence-corrected chi connectivity index (χ3v) is 8.49. The summed E-state index contributed by atoms with van der Waals surface area (Å²) in [5.41, 5.74) is 2.05. The highest BCUT2D eigenvalue weighted by atomic mass is 32.1. The molecule has 1 aliphatic heterocycles. The molecule has 3 atom stereocenters. The average molecular weight is 511 g/mol. The number of aryl methyl sites for hydroxylation is 1. The van der Waals surface area contributed by atoms with Gasteiger partial charge in [0.25, 0.3) is 0 Å². The second-order valence-electron chi connectivity index (χ2n) is 10.0. The average Bonchev–Trinajstić information content (AvgIpc) is 3.54. The van der Waals surface area contributed by atoms with Gasteiger partial charge in [-0.25, -0.2) is 0 Å². The molecule has 0 spiro atoms. The number of carbonyl (C=O) groups is 3. The Morgan fingerprint density at radius 3 is 2.44 bits per heavy atom. The Morgan fingerprint density at radius 1 is 1.03 bits per heavy atom. The highest BCUT2D eigenvalue weighted by Gasteiger charge is 2.41. The molecule has 3 amide bonds. The van der Waals surface area contributed by atoms with Crippen molar-refractivity contribution in [2.75, 3.05) is 18.9 Å². The maximum Gasteiger partial charge on any atom is 0.247 e. The number of hydrogen-bond donors (Lipinski definition) is 3. The lowest BCUT2D eigenvalue weighted by Gasteiger charge is -2.35. The van der Waals surface area contributed by atoms with E-state index in [1.807, 2.05) is 37.3 Å². The van der Waals surface area contributed by atoms with E-state index in [0.29, 0.717) is 13.0 Å². The fourth-order valence-electron chi connectivity index (χ4n) is 5.37. The number of amides is 3. The van der Waals surface area contributed by atoms with Gasteiger partial charge in [0.05, 0.1) is 6.04 Å². The zero-order valence-corrected chi connectivity index (χ0v) is 22.3. The second kappa shape index (κ2) is 12.0. The van der Waals surface area contributed by atoms with Gasteiger partial charge in [-0.05, 0) is 64.1 Å². The Morgan fingerprint density at radius 2 is 1.75 bits per heavy atom. The lowest BCUT2D eigenvalue weighted by molar-refractivity contribution is -0.142. The molecule has 1 aliphatic carbocycles. The summed E-state index contributed by atoms with van der Waals surface area (Å²) in [4.78, 5) is 42.9. The van der Waals surface area contributed by atoms with Crippen molar-refractivity contribution < 1.29 is 14.4 Å². The molecule has 2 fully saturated rings. The van der Waals surface area contributed by atoms with Gasteiger partial charge in [-0.1, -0.05) is 49.6 Å². The van der Waals surface area contributed by atoms with Gasteiger partial charge in [-0.2, -0.15) is 0 Å². The summed E-state index contributed by atoms with van der Waals surface area (Å²) in [6.45, 7) is 4.35. The number of nitrogens with zero attached hydrogens (tertiary/aromatic N) is 1. The van der Waals surface area contributed by atoms with Crippen LogP contribution in [0, 0.1) is 12.8 Å². The maximum atomic E-state index is 13.9. The molecular formula is C28H38N4O3S. The Kier molecular flexibility index (Phi) is 8.80. The van der Waals surface area contributed by atoms with Gasteiger partial charge in [-0.3, -0.25) is 14.4 Å². The van der Waals surface area contributed by atoms with E-state index in [9.17, 15) is 14.4 Å². The van der Waals surface area contributed by atoms with E-state index < -0.39 is 12.1 Å². The summed E-state index contributed by atoms with van der Waals surface area (Å²) in [6.07, 6.45) is 6.54. The van der Waals surface area contributed by atoms with Crippen LogP contribution in [0.25, 0.3) is 11.1 Å². The quantitative estimate of drug-likeness (QED) is 0.493. The fourth-order valence-corrected chi connectivity index (χ4v) is 6.31. The maximum absolute atomic E-state index is 13.9. The van der Waals surface area contributed by atoms with E-state index in [4.69, 9.17) is 0 Å². The lowest BCUT2D eigenvalue weighted by Crippen LogP contribution is -2.57. The molecule has 2 aromatic rings. The minimum absolute atomic E-state index is 0.105. The molecule has 1 aromatic carbocycles.